The second-order valence-corrected chi connectivity index (χ2v) is 4.53. The number of rotatable bonds is 2. The summed E-state index contributed by atoms with van der Waals surface area (Å²) in [5.41, 5.74) is 0.379. The van der Waals surface area contributed by atoms with Gasteiger partial charge in [-0.2, -0.15) is 0 Å². The Bertz CT molecular complexity index is 810. The Balaban J connectivity index is 2.30. The van der Waals surface area contributed by atoms with Crippen molar-refractivity contribution in [3.63, 3.8) is 0 Å². The smallest absolute Gasteiger partial charge is 0.311 e. The molecule has 0 unspecified atom stereocenters. The van der Waals surface area contributed by atoms with Crippen molar-refractivity contribution in [1.82, 2.24) is 0 Å². The van der Waals surface area contributed by atoms with Crippen LogP contribution in [0.15, 0.2) is 36.4 Å². The molecule has 1 aliphatic rings. The standard InChI is InChI=1S/C15H9NO5/c1-21-13-7-11-10(6-12(13)16(19)20)14(17)8-4-2-3-5-9(8)15(11)18/h2-7H,1H3. The van der Waals surface area contributed by atoms with Crippen LogP contribution in [0.2, 0.25) is 0 Å². The molecule has 0 radical (unpaired) electrons. The first-order valence-electron chi connectivity index (χ1n) is 6.09. The van der Waals surface area contributed by atoms with Crippen molar-refractivity contribution in [2.24, 2.45) is 0 Å². The van der Waals surface area contributed by atoms with Gasteiger partial charge in [-0.15, -0.1) is 0 Å². The molecule has 0 amide bonds. The second kappa shape index (κ2) is 4.52. The minimum atomic E-state index is -0.641. The lowest BCUT2D eigenvalue weighted by Crippen LogP contribution is -2.21. The Hall–Kier alpha value is -3.02. The number of nitro benzene ring substituents is 1. The molecule has 0 spiro atoms. The zero-order valence-electron chi connectivity index (χ0n) is 11.0. The van der Waals surface area contributed by atoms with Crippen LogP contribution in [0.5, 0.6) is 5.75 Å². The van der Waals surface area contributed by atoms with Crippen LogP contribution in [-0.4, -0.2) is 23.6 Å². The van der Waals surface area contributed by atoms with Gasteiger partial charge in [0.2, 0.25) is 0 Å². The van der Waals surface area contributed by atoms with E-state index in [1.165, 1.54) is 19.2 Å². The van der Waals surface area contributed by atoms with E-state index in [0.29, 0.717) is 5.56 Å². The Labute approximate surface area is 119 Å². The van der Waals surface area contributed by atoms with Gasteiger partial charge in [0.1, 0.15) is 0 Å². The average Bonchev–Trinajstić information content (AvgIpc) is 2.51. The zero-order chi connectivity index (χ0) is 15.1. The molecule has 0 aromatic heterocycles. The van der Waals surface area contributed by atoms with Gasteiger partial charge in [0.15, 0.2) is 17.3 Å². The van der Waals surface area contributed by atoms with E-state index in [2.05, 4.69) is 0 Å². The predicted octanol–water partition coefficient (Wildman–Crippen LogP) is 2.38. The number of benzene rings is 2. The molecule has 0 N–H and O–H groups in total. The molecule has 104 valence electrons. The van der Waals surface area contributed by atoms with Gasteiger partial charge in [-0.3, -0.25) is 19.7 Å². The summed E-state index contributed by atoms with van der Waals surface area (Å²) in [5.74, 6) is -0.779. The van der Waals surface area contributed by atoms with Crippen molar-refractivity contribution < 1.29 is 19.2 Å². The molecular formula is C15H9NO5. The molecule has 0 aliphatic heterocycles. The third-order valence-corrected chi connectivity index (χ3v) is 3.42. The van der Waals surface area contributed by atoms with Gasteiger partial charge in [-0.25, -0.2) is 0 Å². The van der Waals surface area contributed by atoms with Crippen LogP contribution in [-0.2, 0) is 0 Å². The van der Waals surface area contributed by atoms with Crippen LogP contribution in [0.3, 0.4) is 0 Å². The highest BCUT2D eigenvalue weighted by Gasteiger charge is 2.32. The minimum Gasteiger partial charge on any atom is -0.490 e. The first kappa shape index (κ1) is 13.0. The summed E-state index contributed by atoms with van der Waals surface area (Å²) < 4.78 is 4.94. The van der Waals surface area contributed by atoms with Crippen molar-refractivity contribution in [2.75, 3.05) is 7.11 Å². The van der Waals surface area contributed by atoms with Crippen LogP contribution in [0.25, 0.3) is 0 Å². The van der Waals surface area contributed by atoms with Crippen molar-refractivity contribution in [2.45, 2.75) is 0 Å². The Morgan fingerprint density at radius 1 is 0.952 bits per heavy atom. The molecule has 0 fully saturated rings. The van der Waals surface area contributed by atoms with E-state index >= 15 is 0 Å². The molecular weight excluding hydrogens is 274 g/mol. The number of hydrogen-bond acceptors (Lipinski definition) is 5. The number of ether oxygens (including phenoxy) is 1. The fraction of sp³-hybridized carbons (Fsp3) is 0.0667. The number of carbonyl (C=O) groups is 2. The summed E-state index contributed by atoms with van der Waals surface area (Å²) >= 11 is 0. The van der Waals surface area contributed by atoms with Gasteiger partial charge < -0.3 is 4.74 Å². The van der Waals surface area contributed by atoms with E-state index in [0.717, 1.165) is 6.07 Å². The number of fused-ring (bicyclic) bond motifs is 2. The lowest BCUT2D eigenvalue weighted by atomic mass is 9.84. The molecule has 0 saturated heterocycles. The summed E-state index contributed by atoms with van der Waals surface area (Å²) in [6, 6.07) is 8.76. The SMILES string of the molecule is COc1cc2c(cc1[N+](=O)[O-])C(=O)c1ccccc1C2=O. The first-order chi connectivity index (χ1) is 10.0. The quantitative estimate of drug-likeness (QED) is 0.532. The molecule has 21 heavy (non-hydrogen) atoms. The Morgan fingerprint density at radius 2 is 1.48 bits per heavy atom. The van der Waals surface area contributed by atoms with E-state index in [9.17, 15) is 19.7 Å². The van der Waals surface area contributed by atoms with Gasteiger partial charge in [-0.05, 0) is 6.07 Å². The molecule has 6 nitrogen and oxygen atoms in total. The summed E-state index contributed by atoms with van der Waals surface area (Å²) in [4.78, 5) is 35.2. The van der Waals surface area contributed by atoms with Gasteiger partial charge in [0.25, 0.3) is 0 Å². The number of nitrogens with zero attached hydrogens (tertiary/aromatic N) is 1. The highest BCUT2D eigenvalue weighted by Crippen LogP contribution is 2.35. The highest BCUT2D eigenvalue weighted by molar-refractivity contribution is 6.28. The third kappa shape index (κ3) is 1.80. The fourth-order valence-corrected chi connectivity index (χ4v) is 2.42. The number of carbonyl (C=O) groups excluding carboxylic acids is 2. The van der Waals surface area contributed by atoms with Gasteiger partial charge in [-0.1, -0.05) is 24.3 Å². The summed E-state index contributed by atoms with van der Waals surface area (Å²) in [6.07, 6.45) is 0. The lowest BCUT2D eigenvalue weighted by molar-refractivity contribution is -0.385. The third-order valence-electron chi connectivity index (χ3n) is 3.42. The first-order valence-corrected chi connectivity index (χ1v) is 6.09. The largest absolute Gasteiger partial charge is 0.490 e. The molecule has 1 aliphatic carbocycles. The van der Waals surface area contributed by atoms with Crippen LogP contribution in [0.1, 0.15) is 31.8 Å². The second-order valence-electron chi connectivity index (χ2n) is 4.53. The van der Waals surface area contributed by atoms with Gasteiger partial charge in [0, 0.05) is 28.3 Å². The predicted molar refractivity (Wildman–Crippen MR) is 73.0 cm³/mol. The van der Waals surface area contributed by atoms with Gasteiger partial charge >= 0.3 is 5.69 Å². The fourth-order valence-electron chi connectivity index (χ4n) is 2.42. The van der Waals surface area contributed by atoms with Crippen molar-refractivity contribution in [3.8, 4) is 5.75 Å². The molecule has 0 atom stereocenters. The van der Waals surface area contributed by atoms with Crippen LogP contribution in [0, 0.1) is 10.1 Å². The Morgan fingerprint density at radius 3 is 1.95 bits per heavy atom. The van der Waals surface area contributed by atoms with Crippen molar-refractivity contribution in [3.05, 3.63) is 68.8 Å². The van der Waals surface area contributed by atoms with E-state index in [4.69, 9.17) is 4.74 Å². The summed E-state index contributed by atoms with van der Waals surface area (Å²) in [5, 5.41) is 11.0. The van der Waals surface area contributed by atoms with Crippen molar-refractivity contribution in [1.29, 1.82) is 0 Å². The van der Waals surface area contributed by atoms with Crippen LogP contribution >= 0.6 is 0 Å². The van der Waals surface area contributed by atoms with E-state index < -0.39 is 10.7 Å². The molecule has 2 aromatic carbocycles. The lowest BCUT2D eigenvalue weighted by Gasteiger charge is -2.17. The van der Waals surface area contributed by atoms with E-state index in [-0.39, 0.29) is 33.9 Å². The maximum atomic E-state index is 12.4. The van der Waals surface area contributed by atoms with E-state index in [1.54, 1.807) is 18.2 Å². The number of ketones is 2. The number of nitro groups is 1. The van der Waals surface area contributed by atoms with Crippen LogP contribution < -0.4 is 4.74 Å². The molecule has 0 bridgehead atoms. The maximum absolute atomic E-state index is 12.4. The summed E-state index contributed by atoms with van der Waals surface area (Å²) in [6.45, 7) is 0. The Kier molecular flexibility index (Phi) is 2.79. The number of methoxy groups -OCH3 is 1. The highest BCUT2D eigenvalue weighted by atomic mass is 16.6. The monoisotopic (exact) mass is 283 g/mol. The van der Waals surface area contributed by atoms with Gasteiger partial charge in [0.05, 0.1) is 12.0 Å². The topological polar surface area (TPSA) is 86.5 Å². The van der Waals surface area contributed by atoms with E-state index in [1.807, 2.05) is 0 Å². The molecule has 3 rings (SSSR count). The van der Waals surface area contributed by atoms with Crippen LogP contribution in [0.4, 0.5) is 5.69 Å². The summed E-state index contributed by atoms with van der Waals surface area (Å²) in [7, 11) is 1.28. The number of hydrogen-bond donors (Lipinski definition) is 0. The molecule has 2 aromatic rings. The molecule has 6 heteroatoms. The average molecular weight is 283 g/mol. The zero-order valence-corrected chi connectivity index (χ0v) is 11.0. The maximum Gasteiger partial charge on any atom is 0.311 e. The van der Waals surface area contributed by atoms with Crippen molar-refractivity contribution >= 4 is 17.3 Å². The normalized spacial score (nSPS) is 12.6. The minimum absolute atomic E-state index is 0.0335. The molecule has 0 heterocycles. The molecule has 0 saturated carbocycles.